The predicted octanol–water partition coefficient (Wildman–Crippen LogP) is 5.89. The minimum absolute atomic E-state index is 0.0480. The molecule has 0 bridgehead atoms. The van der Waals surface area contributed by atoms with E-state index in [1.165, 1.54) is 0 Å². The second-order valence-corrected chi connectivity index (χ2v) is 14.4. The molecule has 0 aliphatic heterocycles. The molecule has 3 rings (SSSR count). The Labute approximate surface area is 228 Å². The maximum absolute atomic E-state index is 12.1. The molecule has 3 aromatic carbocycles. The fraction of sp³-hybridized carbons (Fsp3) is 0.387. The van der Waals surface area contributed by atoms with Gasteiger partial charge in [0.15, 0.2) is 0 Å². The molecule has 0 aliphatic rings. The molecule has 7 heteroatoms. The number of nitrogens with one attached hydrogen (secondary N) is 1. The first kappa shape index (κ1) is 29.8. The molecule has 0 saturated heterocycles. The van der Waals surface area contributed by atoms with E-state index < -0.39 is 12.7 Å². The van der Waals surface area contributed by atoms with Crippen molar-refractivity contribution in [2.75, 3.05) is 26.0 Å². The zero-order valence-corrected chi connectivity index (χ0v) is 24.1. The second kappa shape index (κ2) is 12.4. The van der Waals surface area contributed by atoms with Crippen LogP contribution in [0.15, 0.2) is 84.9 Å². The first-order valence-corrected chi connectivity index (χ1v) is 15.7. The summed E-state index contributed by atoms with van der Waals surface area (Å²) in [6.45, 7) is 8.22. The van der Waals surface area contributed by atoms with Gasteiger partial charge in [-0.2, -0.15) is 0 Å². The average molecular weight is 536 g/mol. The Morgan fingerprint density at radius 2 is 1.29 bits per heavy atom. The first-order chi connectivity index (χ1) is 18.1. The monoisotopic (exact) mass is 535 g/mol. The van der Waals surface area contributed by atoms with Gasteiger partial charge in [-0.3, -0.25) is 0 Å². The van der Waals surface area contributed by atoms with Crippen molar-refractivity contribution < 1.29 is 14.5 Å². The van der Waals surface area contributed by atoms with Crippen LogP contribution < -0.4 is 10.1 Å². The van der Waals surface area contributed by atoms with Crippen molar-refractivity contribution in [3.63, 3.8) is 0 Å². The third-order valence-corrected chi connectivity index (χ3v) is 11.4. The normalized spacial score (nSPS) is 13.3. The zero-order valence-electron chi connectivity index (χ0n) is 23.2. The van der Waals surface area contributed by atoms with Gasteiger partial charge in [0, 0.05) is 0 Å². The van der Waals surface area contributed by atoms with Crippen LogP contribution in [0.2, 0.25) is 0 Å². The standard InChI is InChI=1S/C31H42N3O3P/c1-25(2)34(26(3)4)38(35,36,23-12-21-32)24-22-33-31(27-13-8-6-9-14-27,28-15-10-7-11-16-28)29-17-19-30(37-5)20-18-29/h6-11,13-20,25-26,33,35-36H,12,22-24H2,1-5H3. The van der Waals surface area contributed by atoms with Gasteiger partial charge in [0.25, 0.3) is 0 Å². The first-order valence-electron chi connectivity index (χ1n) is 13.2. The van der Waals surface area contributed by atoms with Crippen molar-refractivity contribution in [1.29, 1.82) is 5.26 Å². The molecule has 0 amide bonds. The number of benzene rings is 3. The van der Waals surface area contributed by atoms with Crippen molar-refractivity contribution in [1.82, 2.24) is 9.99 Å². The molecule has 0 spiro atoms. The zero-order chi connectivity index (χ0) is 27.8. The second-order valence-electron chi connectivity index (χ2n) is 10.4. The Kier molecular flexibility index (Phi) is 9.70. The van der Waals surface area contributed by atoms with Crippen LogP contribution in [-0.4, -0.2) is 52.5 Å². The fourth-order valence-corrected chi connectivity index (χ4v) is 9.73. The summed E-state index contributed by atoms with van der Waals surface area (Å²) in [7, 11) is -2.77. The summed E-state index contributed by atoms with van der Waals surface area (Å²) < 4.78 is 7.27. The predicted molar refractivity (Wildman–Crippen MR) is 157 cm³/mol. The topological polar surface area (TPSA) is 88.7 Å². The molecule has 0 aliphatic carbocycles. The summed E-state index contributed by atoms with van der Waals surface area (Å²) in [6.07, 6.45) is 0.259. The van der Waals surface area contributed by atoms with Crippen LogP contribution >= 0.6 is 7.21 Å². The minimum atomic E-state index is -4.42. The van der Waals surface area contributed by atoms with Gasteiger partial charge in [0.05, 0.1) is 0 Å². The molecule has 0 aromatic heterocycles. The van der Waals surface area contributed by atoms with Crippen molar-refractivity contribution in [2.45, 2.75) is 51.7 Å². The molecule has 3 N–H and O–H groups in total. The van der Waals surface area contributed by atoms with Gasteiger partial charge in [-0.05, 0) is 0 Å². The molecule has 0 fully saturated rings. The summed E-state index contributed by atoms with van der Waals surface area (Å²) in [5, 5.41) is 13.1. The Morgan fingerprint density at radius 3 is 1.71 bits per heavy atom. The molecule has 204 valence electrons. The Balaban J connectivity index is 2.13. The number of ether oxygens (including phenoxy) is 1. The molecule has 38 heavy (non-hydrogen) atoms. The average Bonchev–Trinajstić information content (AvgIpc) is 2.91. The molecular formula is C31H42N3O3P. The van der Waals surface area contributed by atoms with Crippen LogP contribution in [0.25, 0.3) is 0 Å². The molecule has 0 atom stereocenters. The van der Waals surface area contributed by atoms with Crippen LogP contribution in [0.5, 0.6) is 5.75 Å². The SMILES string of the molecule is COc1ccc(C(NCCP(O)(O)(CCC#N)N(C(C)C)C(C)C)(c2ccccc2)c2ccccc2)cc1. The summed E-state index contributed by atoms with van der Waals surface area (Å²) in [5.41, 5.74) is 2.33. The quantitative estimate of drug-likeness (QED) is 0.187. The molecule has 0 unspecified atom stereocenters. The van der Waals surface area contributed by atoms with Gasteiger partial charge in [0.2, 0.25) is 0 Å². The van der Waals surface area contributed by atoms with E-state index in [4.69, 9.17) is 4.74 Å². The molecule has 0 saturated carbocycles. The Morgan fingerprint density at radius 1 is 0.816 bits per heavy atom. The molecule has 0 heterocycles. The summed E-state index contributed by atoms with van der Waals surface area (Å²) in [4.78, 5) is 24.2. The van der Waals surface area contributed by atoms with Crippen molar-refractivity contribution in [2.24, 2.45) is 0 Å². The van der Waals surface area contributed by atoms with Crippen LogP contribution in [0.1, 0.15) is 50.8 Å². The van der Waals surface area contributed by atoms with E-state index in [1.807, 2.05) is 93.0 Å². The van der Waals surface area contributed by atoms with Crippen LogP contribution in [-0.2, 0) is 5.54 Å². The number of nitrogens with zero attached hydrogens (tertiary/aromatic N) is 2. The van der Waals surface area contributed by atoms with Crippen molar-refractivity contribution in [3.8, 4) is 11.8 Å². The van der Waals surface area contributed by atoms with E-state index in [9.17, 15) is 15.0 Å². The maximum atomic E-state index is 12.1. The Hall–Kier alpha value is -2.78. The van der Waals surface area contributed by atoms with Gasteiger partial charge in [-0.1, -0.05) is 0 Å². The number of rotatable bonds is 13. The van der Waals surface area contributed by atoms with Crippen molar-refractivity contribution in [3.05, 3.63) is 102 Å². The molecular weight excluding hydrogens is 493 g/mol. The van der Waals surface area contributed by atoms with Crippen molar-refractivity contribution >= 4 is 7.21 Å². The van der Waals surface area contributed by atoms with Crippen LogP contribution in [0.3, 0.4) is 0 Å². The van der Waals surface area contributed by atoms with Gasteiger partial charge in [0.1, 0.15) is 0 Å². The van der Waals surface area contributed by atoms with Gasteiger partial charge in [-0.25, -0.2) is 0 Å². The number of methoxy groups -OCH3 is 1. The van der Waals surface area contributed by atoms with E-state index in [0.29, 0.717) is 6.54 Å². The van der Waals surface area contributed by atoms with E-state index in [-0.39, 0.29) is 30.8 Å². The Bertz CT molecular complexity index is 1150. The van der Waals surface area contributed by atoms with E-state index in [0.717, 1.165) is 22.4 Å². The van der Waals surface area contributed by atoms with Gasteiger partial charge < -0.3 is 0 Å². The molecule has 6 nitrogen and oxygen atoms in total. The fourth-order valence-electron chi connectivity index (χ4n) is 5.78. The van der Waals surface area contributed by atoms with Gasteiger partial charge >= 0.3 is 228 Å². The molecule has 3 aromatic rings. The third-order valence-electron chi connectivity index (χ3n) is 7.17. The summed E-state index contributed by atoms with van der Waals surface area (Å²) >= 11 is 0. The van der Waals surface area contributed by atoms with Gasteiger partial charge in [-0.15, -0.1) is 0 Å². The molecule has 0 radical (unpaired) electrons. The summed E-state index contributed by atoms with van der Waals surface area (Å²) in [6, 6.07) is 30.4. The number of hydrogen-bond donors (Lipinski definition) is 3. The van der Waals surface area contributed by atoms with E-state index >= 15 is 0 Å². The third kappa shape index (κ3) is 6.26. The van der Waals surface area contributed by atoms with E-state index in [1.54, 1.807) is 7.11 Å². The number of hydrogen-bond acceptors (Lipinski definition) is 6. The summed E-state index contributed by atoms with van der Waals surface area (Å²) in [5.74, 6) is 0.764. The number of nitriles is 1. The van der Waals surface area contributed by atoms with Crippen LogP contribution in [0, 0.1) is 11.3 Å². The van der Waals surface area contributed by atoms with Crippen LogP contribution in [0.4, 0.5) is 0 Å². The van der Waals surface area contributed by atoms with E-state index in [2.05, 4.69) is 35.7 Å².